The van der Waals surface area contributed by atoms with E-state index in [9.17, 15) is 37.7 Å². The molecular weight excluding hydrogens is 599 g/mol. The summed E-state index contributed by atoms with van der Waals surface area (Å²) in [6.45, 7) is 1.14. The molecule has 10 nitrogen and oxygen atoms in total. The molecule has 2 saturated heterocycles. The van der Waals surface area contributed by atoms with Crippen LogP contribution in [0.5, 0.6) is 11.5 Å². The molecule has 3 amide bonds. The number of amides is 3. The molecular formula is C23H17BrF3N3O7S. The van der Waals surface area contributed by atoms with Crippen molar-refractivity contribution < 1.29 is 42.0 Å². The van der Waals surface area contributed by atoms with Crippen molar-refractivity contribution in [1.29, 1.82) is 0 Å². The van der Waals surface area contributed by atoms with E-state index in [1.165, 1.54) is 29.2 Å². The Morgan fingerprint density at radius 3 is 2.47 bits per heavy atom. The van der Waals surface area contributed by atoms with E-state index in [4.69, 9.17) is 9.47 Å². The highest BCUT2D eigenvalue weighted by Gasteiger charge is 2.37. The summed E-state index contributed by atoms with van der Waals surface area (Å²) in [7, 11) is 0. The Morgan fingerprint density at radius 2 is 1.84 bits per heavy atom. The maximum atomic E-state index is 12.9. The van der Waals surface area contributed by atoms with Gasteiger partial charge in [0.2, 0.25) is 11.7 Å². The van der Waals surface area contributed by atoms with E-state index in [2.05, 4.69) is 15.9 Å². The molecule has 38 heavy (non-hydrogen) atoms. The van der Waals surface area contributed by atoms with Crippen LogP contribution in [-0.2, 0) is 20.5 Å². The Balaban J connectivity index is 1.49. The summed E-state index contributed by atoms with van der Waals surface area (Å²) in [5, 5.41) is 10.7. The summed E-state index contributed by atoms with van der Waals surface area (Å²) in [6.07, 6.45) is -3.33. The number of nitro benzene ring substituents is 1. The average Bonchev–Trinajstić information content (AvgIpc) is 3.12. The van der Waals surface area contributed by atoms with Gasteiger partial charge in [-0.1, -0.05) is 6.07 Å². The number of hydrogen-bond acceptors (Lipinski definition) is 8. The second-order valence-electron chi connectivity index (χ2n) is 7.99. The summed E-state index contributed by atoms with van der Waals surface area (Å²) < 4.78 is 49.8. The molecule has 2 aromatic carbocycles. The first kappa shape index (κ1) is 27.6. The van der Waals surface area contributed by atoms with Crippen LogP contribution in [0.2, 0.25) is 0 Å². The van der Waals surface area contributed by atoms with Gasteiger partial charge in [0.1, 0.15) is 12.3 Å². The maximum absolute atomic E-state index is 12.9. The standard InChI is InChI=1S/C23H17BrF3N3O7S/c24-15-9-13(1-3-17(15)37-18-4-2-14(23(25,26)27)11-16(18)30(34)35)10-19-21(32)29(22(33)38-19)12-20(31)28-5-7-36-8-6-28/h1-4,9-11H,5-8,12H2/b19-10-. The summed E-state index contributed by atoms with van der Waals surface area (Å²) in [5.41, 5.74) is -1.60. The van der Waals surface area contributed by atoms with Gasteiger partial charge in [-0.15, -0.1) is 0 Å². The minimum atomic E-state index is -4.76. The van der Waals surface area contributed by atoms with Gasteiger partial charge in [0.25, 0.3) is 11.1 Å². The average molecular weight is 616 g/mol. The number of carbonyl (C=O) groups is 3. The molecule has 4 rings (SSSR count). The quantitative estimate of drug-likeness (QED) is 0.251. The number of nitrogens with zero attached hydrogens (tertiary/aromatic N) is 3. The third-order valence-corrected chi connectivity index (χ3v) is 7.01. The van der Waals surface area contributed by atoms with Crippen LogP contribution >= 0.6 is 27.7 Å². The van der Waals surface area contributed by atoms with Crippen molar-refractivity contribution in [2.24, 2.45) is 0 Å². The Hall–Kier alpha value is -3.43. The molecule has 15 heteroatoms. The van der Waals surface area contributed by atoms with Crippen LogP contribution in [0.1, 0.15) is 11.1 Å². The van der Waals surface area contributed by atoms with E-state index in [1.807, 2.05) is 0 Å². The van der Waals surface area contributed by atoms with Gasteiger partial charge in [0.15, 0.2) is 0 Å². The second-order valence-corrected chi connectivity index (χ2v) is 9.84. The molecule has 0 unspecified atom stereocenters. The Labute approximate surface area is 225 Å². The molecule has 0 aromatic heterocycles. The molecule has 0 atom stereocenters. The van der Waals surface area contributed by atoms with Crippen LogP contribution in [0.15, 0.2) is 45.8 Å². The minimum absolute atomic E-state index is 0.0641. The molecule has 0 spiro atoms. The van der Waals surface area contributed by atoms with Crippen molar-refractivity contribution in [3.8, 4) is 11.5 Å². The van der Waals surface area contributed by atoms with Crippen molar-refractivity contribution in [1.82, 2.24) is 9.80 Å². The lowest BCUT2D eigenvalue weighted by molar-refractivity contribution is -0.385. The van der Waals surface area contributed by atoms with E-state index < -0.39 is 39.2 Å². The highest BCUT2D eigenvalue weighted by atomic mass is 79.9. The molecule has 0 radical (unpaired) electrons. The topological polar surface area (TPSA) is 119 Å². The van der Waals surface area contributed by atoms with Gasteiger partial charge >= 0.3 is 11.9 Å². The van der Waals surface area contributed by atoms with Crippen molar-refractivity contribution in [2.75, 3.05) is 32.8 Å². The van der Waals surface area contributed by atoms with Crippen molar-refractivity contribution >= 4 is 56.5 Å². The molecule has 0 aliphatic carbocycles. The third-order valence-electron chi connectivity index (χ3n) is 5.49. The minimum Gasteiger partial charge on any atom is -0.449 e. The van der Waals surface area contributed by atoms with Crippen molar-refractivity contribution in [3.63, 3.8) is 0 Å². The van der Waals surface area contributed by atoms with Gasteiger partial charge in [-0.05, 0) is 63.6 Å². The zero-order valence-corrected chi connectivity index (χ0v) is 21.6. The smallest absolute Gasteiger partial charge is 0.416 e. The maximum Gasteiger partial charge on any atom is 0.416 e. The Kier molecular flexibility index (Phi) is 8.08. The highest BCUT2D eigenvalue weighted by molar-refractivity contribution is 9.10. The lowest BCUT2D eigenvalue weighted by atomic mass is 10.1. The van der Waals surface area contributed by atoms with Gasteiger partial charge in [0.05, 0.1) is 33.1 Å². The van der Waals surface area contributed by atoms with E-state index in [1.54, 1.807) is 0 Å². The summed E-state index contributed by atoms with van der Waals surface area (Å²) in [6, 6.07) is 6.29. The number of benzene rings is 2. The van der Waals surface area contributed by atoms with E-state index in [0.717, 1.165) is 11.0 Å². The Morgan fingerprint density at radius 1 is 1.16 bits per heavy atom. The fourth-order valence-electron chi connectivity index (χ4n) is 3.57. The van der Waals surface area contributed by atoms with Crippen molar-refractivity contribution in [3.05, 3.63) is 67.0 Å². The number of halogens is 4. The number of carbonyl (C=O) groups excluding carboxylic acids is 3. The van der Waals surface area contributed by atoms with Crippen LogP contribution in [0.4, 0.5) is 23.7 Å². The third kappa shape index (κ3) is 6.16. The number of alkyl halides is 3. The fourth-order valence-corrected chi connectivity index (χ4v) is 4.88. The van der Waals surface area contributed by atoms with Crippen LogP contribution in [0.25, 0.3) is 6.08 Å². The molecule has 0 bridgehead atoms. The largest absolute Gasteiger partial charge is 0.449 e. The first-order chi connectivity index (χ1) is 17.9. The molecule has 2 aromatic rings. The zero-order valence-electron chi connectivity index (χ0n) is 19.2. The normalized spacial score (nSPS) is 17.3. The van der Waals surface area contributed by atoms with Crippen LogP contribution in [0, 0.1) is 10.1 Å². The first-order valence-electron chi connectivity index (χ1n) is 10.9. The number of nitro groups is 1. The number of morpholine rings is 1. The molecule has 0 saturated carbocycles. The monoisotopic (exact) mass is 615 g/mol. The number of rotatable bonds is 6. The molecule has 2 fully saturated rings. The molecule has 0 N–H and O–H groups in total. The Bertz CT molecular complexity index is 1350. The lowest BCUT2D eigenvalue weighted by Gasteiger charge is -2.28. The van der Waals surface area contributed by atoms with Crippen LogP contribution in [0.3, 0.4) is 0 Å². The van der Waals surface area contributed by atoms with Gasteiger partial charge in [-0.25, -0.2) is 0 Å². The highest BCUT2D eigenvalue weighted by Crippen LogP contribution is 2.40. The summed E-state index contributed by atoms with van der Waals surface area (Å²) in [5.74, 6) is -1.33. The number of ether oxygens (including phenoxy) is 2. The van der Waals surface area contributed by atoms with Crippen LogP contribution < -0.4 is 4.74 Å². The first-order valence-corrected chi connectivity index (χ1v) is 12.5. The second kappa shape index (κ2) is 11.1. The fraction of sp³-hybridized carbons (Fsp3) is 0.261. The molecule has 2 heterocycles. The van der Waals surface area contributed by atoms with E-state index in [0.29, 0.717) is 55.8 Å². The van der Waals surface area contributed by atoms with Gasteiger partial charge < -0.3 is 14.4 Å². The SMILES string of the molecule is O=C(CN1C(=O)S/C(=C\c2ccc(Oc3ccc(C(F)(F)F)cc3[N+](=O)[O-])c(Br)c2)C1=O)N1CCOCC1. The van der Waals surface area contributed by atoms with Crippen LogP contribution in [-0.4, -0.2) is 64.6 Å². The van der Waals surface area contributed by atoms with Gasteiger partial charge in [0, 0.05) is 19.2 Å². The number of imide groups is 1. The molecule has 2 aliphatic heterocycles. The van der Waals surface area contributed by atoms with Gasteiger partial charge in [-0.2, -0.15) is 13.2 Å². The lowest BCUT2D eigenvalue weighted by Crippen LogP contribution is -2.46. The van der Waals surface area contributed by atoms with E-state index in [-0.39, 0.29) is 27.6 Å². The number of hydrogen-bond donors (Lipinski definition) is 0. The zero-order chi connectivity index (χ0) is 27.6. The summed E-state index contributed by atoms with van der Waals surface area (Å²) >= 11 is 3.92. The summed E-state index contributed by atoms with van der Waals surface area (Å²) in [4.78, 5) is 50.4. The van der Waals surface area contributed by atoms with Crippen molar-refractivity contribution in [2.45, 2.75) is 6.18 Å². The predicted molar refractivity (Wildman–Crippen MR) is 132 cm³/mol. The van der Waals surface area contributed by atoms with E-state index >= 15 is 0 Å². The predicted octanol–water partition coefficient (Wildman–Crippen LogP) is 5.06. The van der Waals surface area contributed by atoms with Gasteiger partial charge in [-0.3, -0.25) is 29.4 Å². The number of thioether (sulfide) groups is 1. The molecule has 2 aliphatic rings. The molecule has 200 valence electrons.